The highest BCUT2D eigenvalue weighted by Crippen LogP contribution is 2.16. The number of aryl methyl sites for hydroxylation is 1. The lowest BCUT2D eigenvalue weighted by Gasteiger charge is -2.22. The first-order chi connectivity index (χ1) is 9.49. The van der Waals surface area contributed by atoms with Crippen molar-refractivity contribution in [1.29, 1.82) is 0 Å². The Kier molecular flexibility index (Phi) is 4.02. The maximum atomic E-state index is 12.0. The number of primary amides is 1. The average Bonchev–Trinajstić information content (AvgIpc) is 3.03. The van der Waals surface area contributed by atoms with Crippen LogP contribution >= 0.6 is 0 Å². The van der Waals surface area contributed by atoms with Crippen LogP contribution in [-0.2, 0) is 16.6 Å². The summed E-state index contributed by atoms with van der Waals surface area (Å²) < 4.78 is 1.50. The number of aromatic nitrogens is 2. The van der Waals surface area contributed by atoms with Gasteiger partial charge in [0.1, 0.15) is 11.7 Å². The number of hydrogen-bond acceptors (Lipinski definition) is 4. The van der Waals surface area contributed by atoms with Gasteiger partial charge in [-0.15, -0.1) is 0 Å². The third-order valence-electron chi connectivity index (χ3n) is 3.25. The molecular formula is C12H17N5O3. The Labute approximate surface area is 115 Å². The van der Waals surface area contributed by atoms with E-state index < -0.39 is 17.9 Å². The maximum Gasteiger partial charge on any atom is 0.272 e. The van der Waals surface area contributed by atoms with Gasteiger partial charge in [-0.1, -0.05) is 0 Å². The molecule has 0 aromatic carbocycles. The van der Waals surface area contributed by atoms with Gasteiger partial charge in [0.2, 0.25) is 11.8 Å². The largest absolute Gasteiger partial charge is 0.368 e. The summed E-state index contributed by atoms with van der Waals surface area (Å²) in [6, 6.07) is 0.997. The molecule has 20 heavy (non-hydrogen) atoms. The number of nitrogens with zero attached hydrogens (tertiary/aromatic N) is 3. The monoisotopic (exact) mass is 279 g/mol. The molecule has 0 radical (unpaired) electrons. The summed E-state index contributed by atoms with van der Waals surface area (Å²) >= 11 is 0. The van der Waals surface area contributed by atoms with E-state index in [9.17, 15) is 14.4 Å². The lowest BCUT2D eigenvalue weighted by molar-refractivity contribution is -0.136. The van der Waals surface area contributed by atoms with Crippen molar-refractivity contribution in [2.24, 2.45) is 12.8 Å². The molecule has 3 amide bonds. The van der Waals surface area contributed by atoms with Crippen LogP contribution in [0.3, 0.4) is 0 Å². The molecule has 1 aliphatic rings. The highest BCUT2D eigenvalue weighted by molar-refractivity contribution is 5.95. The molecule has 1 aromatic heterocycles. The normalized spacial score (nSPS) is 18.1. The van der Waals surface area contributed by atoms with Crippen molar-refractivity contribution in [2.45, 2.75) is 18.9 Å². The smallest absolute Gasteiger partial charge is 0.272 e. The summed E-state index contributed by atoms with van der Waals surface area (Å²) in [7, 11) is 1.70. The van der Waals surface area contributed by atoms with E-state index in [1.807, 2.05) is 0 Å². The molecule has 1 aromatic rings. The lowest BCUT2D eigenvalue weighted by atomic mass is 10.2. The zero-order valence-electron chi connectivity index (χ0n) is 11.2. The number of rotatable bonds is 4. The fraction of sp³-hybridized carbons (Fsp3) is 0.500. The van der Waals surface area contributed by atoms with Crippen molar-refractivity contribution in [3.8, 4) is 0 Å². The molecule has 1 saturated heterocycles. The van der Waals surface area contributed by atoms with Gasteiger partial charge in [0.15, 0.2) is 0 Å². The van der Waals surface area contributed by atoms with Crippen molar-refractivity contribution in [3.63, 3.8) is 0 Å². The molecule has 1 aliphatic heterocycles. The van der Waals surface area contributed by atoms with Crippen LogP contribution in [-0.4, -0.2) is 51.5 Å². The van der Waals surface area contributed by atoms with Gasteiger partial charge in [0.25, 0.3) is 5.91 Å². The molecule has 2 rings (SSSR count). The molecule has 8 heteroatoms. The van der Waals surface area contributed by atoms with Gasteiger partial charge in [-0.25, -0.2) is 0 Å². The Hall–Kier alpha value is -2.38. The standard InChI is InChI=1S/C12H17N5O3/c1-16-6-4-8(15-16)12(20)14-7-10(18)17-5-2-3-9(17)11(13)19/h4,6,9H,2-3,5,7H2,1H3,(H2,13,19)(H,14,20). The van der Waals surface area contributed by atoms with E-state index in [1.165, 1.54) is 9.58 Å². The second-order valence-electron chi connectivity index (χ2n) is 4.70. The number of likely N-dealkylation sites (tertiary alicyclic amines) is 1. The second-order valence-corrected chi connectivity index (χ2v) is 4.70. The Morgan fingerprint density at radius 3 is 2.85 bits per heavy atom. The second kappa shape index (κ2) is 5.72. The van der Waals surface area contributed by atoms with Gasteiger partial charge in [0.05, 0.1) is 6.54 Å². The first-order valence-corrected chi connectivity index (χ1v) is 6.35. The Morgan fingerprint density at radius 1 is 1.50 bits per heavy atom. The van der Waals surface area contributed by atoms with Crippen LogP contribution in [0.4, 0.5) is 0 Å². The van der Waals surface area contributed by atoms with Crippen LogP contribution in [0.5, 0.6) is 0 Å². The molecule has 108 valence electrons. The Morgan fingerprint density at radius 2 is 2.25 bits per heavy atom. The zero-order valence-corrected chi connectivity index (χ0v) is 11.2. The number of nitrogens with two attached hydrogens (primary N) is 1. The highest BCUT2D eigenvalue weighted by atomic mass is 16.2. The summed E-state index contributed by atoms with van der Waals surface area (Å²) in [6.45, 7) is 0.324. The van der Waals surface area contributed by atoms with E-state index in [4.69, 9.17) is 5.73 Å². The van der Waals surface area contributed by atoms with Gasteiger partial charge < -0.3 is 16.0 Å². The first kappa shape index (κ1) is 14.0. The summed E-state index contributed by atoms with van der Waals surface area (Å²) in [5.41, 5.74) is 5.49. The molecule has 0 saturated carbocycles. The molecular weight excluding hydrogens is 262 g/mol. The number of nitrogens with one attached hydrogen (secondary N) is 1. The van der Waals surface area contributed by atoms with E-state index in [2.05, 4.69) is 10.4 Å². The van der Waals surface area contributed by atoms with E-state index in [-0.39, 0.29) is 18.1 Å². The summed E-state index contributed by atoms with van der Waals surface area (Å²) in [6.07, 6.45) is 2.96. The molecule has 1 unspecified atom stereocenters. The fourth-order valence-corrected chi connectivity index (χ4v) is 2.25. The van der Waals surface area contributed by atoms with Crippen LogP contribution in [0.2, 0.25) is 0 Å². The van der Waals surface area contributed by atoms with Crippen LogP contribution < -0.4 is 11.1 Å². The number of carbonyl (C=O) groups is 3. The SMILES string of the molecule is Cn1ccc(C(=O)NCC(=O)N2CCCC2C(N)=O)n1. The molecule has 0 aliphatic carbocycles. The van der Waals surface area contributed by atoms with E-state index in [0.717, 1.165) is 6.42 Å². The molecule has 2 heterocycles. The van der Waals surface area contributed by atoms with Gasteiger partial charge in [-0.05, 0) is 18.9 Å². The topological polar surface area (TPSA) is 110 Å². The lowest BCUT2D eigenvalue weighted by Crippen LogP contribution is -2.47. The molecule has 0 bridgehead atoms. The van der Waals surface area contributed by atoms with Crippen molar-refractivity contribution < 1.29 is 14.4 Å². The summed E-state index contributed by atoms with van der Waals surface area (Å²) in [5.74, 6) is -1.24. The van der Waals surface area contributed by atoms with Gasteiger partial charge in [-0.2, -0.15) is 5.10 Å². The number of amides is 3. The Balaban J connectivity index is 1.89. The van der Waals surface area contributed by atoms with E-state index >= 15 is 0 Å². The zero-order chi connectivity index (χ0) is 14.7. The van der Waals surface area contributed by atoms with E-state index in [1.54, 1.807) is 19.3 Å². The van der Waals surface area contributed by atoms with Crippen LogP contribution in [0.1, 0.15) is 23.3 Å². The minimum absolute atomic E-state index is 0.167. The quantitative estimate of drug-likeness (QED) is 0.708. The van der Waals surface area contributed by atoms with Crippen molar-refractivity contribution in [3.05, 3.63) is 18.0 Å². The minimum Gasteiger partial charge on any atom is -0.368 e. The van der Waals surface area contributed by atoms with Crippen LogP contribution in [0.25, 0.3) is 0 Å². The molecule has 0 spiro atoms. The highest BCUT2D eigenvalue weighted by Gasteiger charge is 2.32. The Bertz CT molecular complexity index is 539. The van der Waals surface area contributed by atoms with Gasteiger partial charge >= 0.3 is 0 Å². The third kappa shape index (κ3) is 2.95. The predicted molar refractivity (Wildman–Crippen MR) is 69.5 cm³/mol. The number of carbonyl (C=O) groups excluding carboxylic acids is 3. The van der Waals surface area contributed by atoms with Crippen molar-refractivity contribution in [1.82, 2.24) is 20.0 Å². The summed E-state index contributed by atoms with van der Waals surface area (Å²) in [5, 5.41) is 6.43. The molecule has 1 fully saturated rings. The minimum atomic E-state index is -0.561. The van der Waals surface area contributed by atoms with Crippen molar-refractivity contribution >= 4 is 17.7 Å². The van der Waals surface area contributed by atoms with Gasteiger partial charge in [0, 0.05) is 19.8 Å². The van der Waals surface area contributed by atoms with E-state index in [0.29, 0.717) is 13.0 Å². The fourth-order valence-electron chi connectivity index (χ4n) is 2.25. The number of hydrogen-bond donors (Lipinski definition) is 2. The van der Waals surface area contributed by atoms with Crippen LogP contribution in [0.15, 0.2) is 12.3 Å². The molecule has 1 atom stereocenters. The van der Waals surface area contributed by atoms with Crippen LogP contribution in [0, 0.1) is 0 Å². The predicted octanol–water partition coefficient (Wildman–Crippen LogP) is -1.37. The first-order valence-electron chi connectivity index (χ1n) is 6.35. The van der Waals surface area contributed by atoms with Crippen molar-refractivity contribution in [2.75, 3.05) is 13.1 Å². The third-order valence-corrected chi connectivity index (χ3v) is 3.25. The average molecular weight is 279 g/mol. The maximum absolute atomic E-state index is 12.0. The molecule has 8 nitrogen and oxygen atoms in total. The summed E-state index contributed by atoms with van der Waals surface area (Å²) in [4.78, 5) is 36.3. The van der Waals surface area contributed by atoms with Gasteiger partial charge in [-0.3, -0.25) is 19.1 Å². The molecule has 3 N–H and O–H groups in total.